The van der Waals surface area contributed by atoms with Crippen molar-refractivity contribution in [3.8, 4) is 0 Å². The van der Waals surface area contributed by atoms with Gasteiger partial charge in [-0.1, -0.05) is 0 Å². The molecule has 0 aliphatic heterocycles. The third-order valence-corrected chi connectivity index (χ3v) is 7.96. The maximum absolute atomic E-state index is 11.8. The van der Waals surface area contributed by atoms with Gasteiger partial charge in [-0.05, 0) is 41.5 Å². The molecule has 0 aromatic heterocycles. The van der Waals surface area contributed by atoms with E-state index < -0.39 is 29.2 Å². The molecule has 0 saturated heterocycles. The third-order valence-electron chi connectivity index (χ3n) is 2.49. The van der Waals surface area contributed by atoms with Gasteiger partial charge in [0.05, 0.1) is 21.0 Å². The smallest absolute Gasteiger partial charge is 0.156 e. The summed E-state index contributed by atoms with van der Waals surface area (Å²) in [6, 6.07) is 0. The topological polar surface area (TPSA) is 68.3 Å². The highest BCUT2D eigenvalue weighted by Crippen LogP contribution is 2.20. The second kappa shape index (κ2) is 4.29. The molecule has 0 heterocycles. The Morgan fingerprint density at radius 3 is 0.938 bits per heavy atom. The number of hydrogen-bond acceptors (Lipinski definition) is 4. The Kier molecular flexibility index (Phi) is 4.26. The monoisotopic (exact) mass is 270 g/mol. The van der Waals surface area contributed by atoms with Crippen molar-refractivity contribution >= 4 is 19.7 Å². The second-order valence-corrected chi connectivity index (χ2v) is 11.6. The van der Waals surface area contributed by atoms with Crippen LogP contribution in [0.25, 0.3) is 0 Å². The lowest BCUT2D eigenvalue weighted by atomic mass is 10.3. The molecule has 16 heavy (non-hydrogen) atoms. The van der Waals surface area contributed by atoms with E-state index in [1.165, 1.54) is 0 Å². The predicted molar refractivity (Wildman–Crippen MR) is 67.1 cm³/mol. The van der Waals surface area contributed by atoms with Gasteiger partial charge in [0, 0.05) is 0 Å². The molecule has 0 aliphatic rings. The van der Waals surface area contributed by atoms with E-state index in [1.807, 2.05) is 0 Å². The van der Waals surface area contributed by atoms with E-state index in [2.05, 4.69) is 0 Å². The van der Waals surface area contributed by atoms with Gasteiger partial charge in [-0.3, -0.25) is 0 Å². The molecule has 0 rings (SSSR count). The molecular weight excluding hydrogens is 248 g/mol. The highest BCUT2D eigenvalue weighted by Gasteiger charge is 2.34. The summed E-state index contributed by atoms with van der Waals surface area (Å²) >= 11 is 0. The average molecular weight is 270 g/mol. The van der Waals surface area contributed by atoms with E-state index >= 15 is 0 Å². The molecular formula is C10H22O4S2. The van der Waals surface area contributed by atoms with E-state index in [0.29, 0.717) is 0 Å². The van der Waals surface area contributed by atoms with Gasteiger partial charge in [-0.15, -0.1) is 0 Å². The summed E-state index contributed by atoms with van der Waals surface area (Å²) in [5.41, 5.74) is 0. The quantitative estimate of drug-likeness (QED) is 0.777. The van der Waals surface area contributed by atoms with E-state index in [9.17, 15) is 16.8 Å². The van der Waals surface area contributed by atoms with E-state index in [4.69, 9.17) is 0 Å². The van der Waals surface area contributed by atoms with Crippen LogP contribution in [0.1, 0.15) is 41.5 Å². The number of sulfone groups is 2. The summed E-state index contributed by atoms with van der Waals surface area (Å²) in [5.74, 6) is -0.619. The minimum absolute atomic E-state index is 0.309. The number of hydrogen-bond donors (Lipinski definition) is 0. The second-order valence-electron chi connectivity index (χ2n) is 5.86. The molecule has 0 aliphatic carbocycles. The standard InChI is InChI=1S/C10H22O4S2/c1-9(2,3)15(11,12)7-8-16(13,14)10(4,5)6/h7-8H2,1-6H3. The molecule has 0 bridgehead atoms. The van der Waals surface area contributed by atoms with Crippen molar-refractivity contribution in [2.24, 2.45) is 0 Å². The Morgan fingerprint density at radius 1 is 0.625 bits per heavy atom. The van der Waals surface area contributed by atoms with Crippen molar-refractivity contribution in [3.05, 3.63) is 0 Å². The fourth-order valence-electron chi connectivity index (χ4n) is 0.832. The lowest BCUT2D eigenvalue weighted by molar-refractivity contribution is 0.551. The van der Waals surface area contributed by atoms with Crippen molar-refractivity contribution in [2.45, 2.75) is 51.0 Å². The molecule has 0 amide bonds. The van der Waals surface area contributed by atoms with Gasteiger partial charge in [-0.2, -0.15) is 0 Å². The van der Waals surface area contributed by atoms with Gasteiger partial charge in [0.1, 0.15) is 0 Å². The Bertz CT molecular complexity index is 386. The van der Waals surface area contributed by atoms with Crippen LogP contribution in [-0.2, 0) is 19.7 Å². The Labute approximate surface area is 99.3 Å². The first-order valence-electron chi connectivity index (χ1n) is 5.15. The van der Waals surface area contributed by atoms with Crippen LogP contribution in [0.4, 0.5) is 0 Å². The van der Waals surface area contributed by atoms with Crippen molar-refractivity contribution < 1.29 is 16.8 Å². The lowest BCUT2D eigenvalue weighted by Crippen LogP contribution is -2.37. The van der Waals surface area contributed by atoms with Crippen molar-refractivity contribution in [1.29, 1.82) is 0 Å². The largest absolute Gasteiger partial charge is 0.228 e. The maximum atomic E-state index is 11.8. The highest BCUT2D eigenvalue weighted by atomic mass is 32.2. The van der Waals surface area contributed by atoms with E-state index in [0.717, 1.165) is 0 Å². The average Bonchev–Trinajstić information content (AvgIpc) is 1.97. The fraction of sp³-hybridized carbons (Fsp3) is 1.00. The molecule has 6 heteroatoms. The van der Waals surface area contributed by atoms with Gasteiger partial charge in [0.25, 0.3) is 0 Å². The van der Waals surface area contributed by atoms with E-state index in [-0.39, 0.29) is 11.5 Å². The first-order valence-corrected chi connectivity index (χ1v) is 8.46. The lowest BCUT2D eigenvalue weighted by Gasteiger charge is -2.22. The van der Waals surface area contributed by atoms with E-state index in [1.54, 1.807) is 41.5 Å². The maximum Gasteiger partial charge on any atom is 0.156 e. The third kappa shape index (κ3) is 3.73. The fourth-order valence-corrected chi connectivity index (χ4v) is 3.81. The Hall–Kier alpha value is -0.100. The molecule has 0 fully saturated rings. The van der Waals surface area contributed by atoms with Gasteiger partial charge in [0.15, 0.2) is 19.7 Å². The zero-order valence-electron chi connectivity index (χ0n) is 10.9. The summed E-state index contributed by atoms with van der Waals surface area (Å²) in [5, 5.41) is 0. The summed E-state index contributed by atoms with van der Waals surface area (Å²) < 4.78 is 45.2. The molecule has 0 atom stereocenters. The van der Waals surface area contributed by atoms with Gasteiger partial charge in [-0.25, -0.2) is 16.8 Å². The minimum Gasteiger partial charge on any atom is -0.228 e. The summed E-state index contributed by atoms with van der Waals surface area (Å²) in [6.45, 7) is 9.45. The summed E-state index contributed by atoms with van der Waals surface area (Å²) in [6.07, 6.45) is 0. The molecule has 0 aromatic rings. The summed E-state index contributed by atoms with van der Waals surface area (Å²) in [4.78, 5) is 0. The predicted octanol–water partition coefficient (Wildman–Crippen LogP) is 1.41. The molecule has 98 valence electrons. The molecule has 0 unspecified atom stereocenters. The summed E-state index contributed by atoms with van der Waals surface area (Å²) in [7, 11) is -6.74. The van der Waals surface area contributed by atoms with Gasteiger partial charge < -0.3 is 0 Å². The van der Waals surface area contributed by atoms with Crippen molar-refractivity contribution in [1.82, 2.24) is 0 Å². The molecule has 0 N–H and O–H groups in total. The SMILES string of the molecule is CC(C)(C)S(=O)(=O)CCS(=O)(=O)C(C)(C)C. The molecule has 4 nitrogen and oxygen atoms in total. The van der Waals surface area contributed by atoms with Gasteiger partial charge in [0.2, 0.25) is 0 Å². The highest BCUT2D eigenvalue weighted by molar-refractivity contribution is 7.96. The van der Waals surface area contributed by atoms with Crippen molar-refractivity contribution in [3.63, 3.8) is 0 Å². The van der Waals surface area contributed by atoms with Crippen LogP contribution < -0.4 is 0 Å². The normalized spacial score (nSPS) is 15.1. The zero-order chi connectivity index (χ0) is 13.4. The zero-order valence-corrected chi connectivity index (χ0v) is 12.5. The van der Waals surface area contributed by atoms with Crippen LogP contribution in [-0.4, -0.2) is 37.8 Å². The Morgan fingerprint density at radius 2 is 0.812 bits per heavy atom. The Balaban J connectivity index is 4.88. The first-order chi connectivity index (χ1) is 6.71. The van der Waals surface area contributed by atoms with Crippen LogP contribution in [0.5, 0.6) is 0 Å². The number of rotatable bonds is 3. The van der Waals surface area contributed by atoms with Crippen LogP contribution in [0.3, 0.4) is 0 Å². The van der Waals surface area contributed by atoms with Crippen LogP contribution in [0.2, 0.25) is 0 Å². The van der Waals surface area contributed by atoms with Crippen LogP contribution >= 0.6 is 0 Å². The molecule has 0 spiro atoms. The first kappa shape index (κ1) is 15.9. The van der Waals surface area contributed by atoms with Gasteiger partial charge >= 0.3 is 0 Å². The molecule has 0 aromatic carbocycles. The molecule has 0 saturated carbocycles. The van der Waals surface area contributed by atoms with Crippen LogP contribution in [0.15, 0.2) is 0 Å². The van der Waals surface area contributed by atoms with Crippen LogP contribution in [0, 0.1) is 0 Å². The minimum atomic E-state index is -3.37. The van der Waals surface area contributed by atoms with Crippen molar-refractivity contribution in [2.75, 3.05) is 11.5 Å². The molecule has 0 radical (unpaired) electrons.